The lowest BCUT2D eigenvalue weighted by Crippen LogP contribution is -2.26. The van der Waals surface area contributed by atoms with Gasteiger partial charge in [0.1, 0.15) is 5.82 Å². The molecule has 2 aromatic carbocycles. The fourth-order valence-corrected chi connectivity index (χ4v) is 4.68. The molecule has 0 radical (unpaired) electrons. The lowest BCUT2D eigenvalue weighted by molar-refractivity contribution is 0.402. The molecule has 30 heavy (non-hydrogen) atoms. The van der Waals surface area contributed by atoms with Gasteiger partial charge in [0, 0.05) is 31.7 Å². The zero-order chi connectivity index (χ0) is 22.1. The van der Waals surface area contributed by atoms with Crippen molar-refractivity contribution >= 4 is 32.7 Å². The Labute approximate surface area is 183 Å². The van der Waals surface area contributed by atoms with E-state index >= 15 is 0 Å². The van der Waals surface area contributed by atoms with E-state index in [9.17, 15) is 8.42 Å². The van der Waals surface area contributed by atoms with Crippen molar-refractivity contribution in [1.82, 2.24) is 19.2 Å². The minimum absolute atomic E-state index is 0.150. The van der Waals surface area contributed by atoms with Crippen molar-refractivity contribution in [3.05, 3.63) is 58.9 Å². The third kappa shape index (κ3) is 4.54. The monoisotopic (exact) mass is 448 g/mol. The molecule has 3 aromatic rings. The van der Waals surface area contributed by atoms with Crippen molar-refractivity contribution in [3.8, 4) is 0 Å². The van der Waals surface area contributed by atoms with Crippen molar-refractivity contribution in [2.24, 2.45) is 5.92 Å². The van der Waals surface area contributed by atoms with Gasteiger partial charge >= 0.3 is 0 Å². The summed E-state index contributed by atoms with van der Waals surface area (Å²) in [6.45, 7) is 7.74. The molecule has 1 atom stereocenters. The highest BCUT2D eigenvalue weighted by molar-refractivity contribution is 7.89. The molecule has 8 heteroatoms. The van der Waals surface area contributed by atoms with E-state index in [1.165, 1.54) is 24.0 Å². The molecule has 0 amide bonds. The van der Waals surface area contributed by atoms with Gasteiger partial charge in [0.25, 0.3) is 0 Å². The van der Waals surface area contributed by atoms with Gasteiger partial charge < -0.3 is 9.88 Å². The maximum atomic E-state index is 12.5. The number of halogens is 1. The Morgan fingerprint density at radius 2 is 1.80 bits per heavy atom. The summed E-state index contributed by atoms with van der Waals surface area (Å²) in [6.07, 6.45) is 0. The van der Waals surface area contributed by atoms with E-state index in [0.29, 0.717) is 18.0 Å². The molecule has 0 saturated heterocycles. The van der Waals surface area contributed by atoms with Crippen molar-refractivity contribution in [3.63, 3.8) is 0 Å². The van der Waals surface area contributed by atoms with Gasteiger partial charge in [-0.2, -0.15) is 0 Å². The number of nitrogens with one attached hydrogen (secondary N) is 1. The molecular weight excluding hydrogens is 420 g/mol. The van der Waals surface area contributed by atoms with Crippen LogP contribution >= 0.6 is 11.6 Å². The molecule has 0 saturated carbocycles. The zero-order valence-electron chi connectivity index (χ0n) is 18.1. The smallest absolute Gasteiger partial charge is 0.242 e. The molecule has 1 aromatic heterocycles. The summed E-state index contributed by atoms with van der Waals surface area (Å²) in [4.78, 5) is 5.00. The van der Waals surface area contributed by atoms with Gasteiger partial charge in [-0.15, -0.1) is 0 Å². The molecule has 0 aliphatic carbocycles. The number of imidazole rings is 1. The highest BCUT2D eigenvalue weighted by Gasteiger charge is 2.21. The number of rotatable bonds is 8. The van der Waals surface area contributed by atoms with Crippen LogP contribution in [-0.4, -0.2) is 36.4 Å². The molecule has 162 valence electrons. The van der Waals surface area contributed by atoms with Crippen LogP contribution in [0.3, 0.4) is 0 Å². The summed E-state index contributed by atoms with van der Waals surface area (Å²) >= 11 is 6.04. The Balaban J connectivity index is 1.92. The summed E-state index contributed by atoms with van der Waals surface area (Å²) < 4.78 is 28.3. The maximum absolute atomic E-state index is 12.5. The van der Waals surface area contributed by atoms with Crippen LogP contribution in [0, 0.1) is 5.92 Å². The molecule has 0 bridgehead atoms. The zero-order valence-corrected chi connectivity index (χ0v) is 19.6. The number of aryl methyl sites for hydroxylation is 1. The Bertz CT molecular complexity index is 1120. The molecule has 1 N–H and O–H groups in total. The third-order valence-corrected chi connectivity index (χ3v) is 7.33. The van der Waals surface area contributed by atoms with Gasteiger partial charge in [-0.1, -0.05) is 37.6 Å². The van der Waals surface area contributed by atoms with Crippen LogP contribution in [0.15, 0.2) is 47.4 Å². The second-order valence-corrected chi connectivity index (χ2v) is 10.5. The lowest BCUT2D eigenvalue weighted by atomic mass is 9.96. The van der Waals surface area contributed by atoms with E-state index in [0.717, 1.165) is 22.9 Å². The summed E-state index contributed by atoms with van der Waals surface area (Å²) in [7, 11) is -0.437. The minimum Gasteiger partial charge on any atom is -0.327 e. The van der Waals surface area contributed by atoms with Crippen molar-refractivity contribution in [2.45, 2.75) is 44.8 Å². The maximum Gasteiger partial charge on any atom is 0.242 e. The predicted octanol–water partition coefficient (Wildman–Crippen LogP) is 4.45. The lowest BCUT2D eigenvalue weighted by Gasteiger charge is -2.23. The van der Waals surface area contributed by atoms with Gasteiger partial charge in [0.05, 0.1) is 22.5 Å². The highest BCUT2D eigenvalue weighted by atomic mass is 35.5. The normalized spacial score (nSPS) is 13.5. The van der Waals surface area contributed by atoms with Gasteiger partial charge in [-0.3, -0.25) is 0 Å². The number of nitrogens with zero attached hydrogens (tertiary/aromatic N) is 3. The Morgan fingerprint density at radius 1 is 1.13 bits per heavy atom. The average molecular weight is 449 g/mol. The van der Waals surface area contributed by atoms with E-state index in [1.807, 2.05) is 30.3 Å². The number of sulfonamides is 1. The number of benzene rings is 2. The van der Waals surface area contributed by atoms with Crippen LogP contribution in [0.2, 0.25) is 5.02 Å². The van der Waals surface area contributed by atoms with Crippen LogP contribution in [0.25, 0.3) is 11.0 Å². The Hall–Kier alpha value is -1.93. The molecule has 1 unspecified atom stereocenters. The molecule has 0 spiro atoms. The van der Waals surface area contributed by atoms with Crippen LogP contribution in [0.1, 0.15) is 38.2 Å². The molecule has 0 aliphatic heterocycles. The molecule has 3 rings (SSSR count). The van der Waals surface area contributed by atoms with Crippen LogP contribution in [0.4, 0.5) is 0 Å². The number of aromatic nitrogens is 2. The first-order chi connectivity index (χ1) is 14.1. The molecule has 0 aliphatic rings. The molecular formula is C22H29ClN4O2S. The number of hydrogen-bond donors (Lipinski definition) is 1. The quantitative estimate of drug-likeness (QED) is 0.553. The summed E-state index contributed by atoms with van der Waals surface area (Å²) in [5, 5.41) is 4.34. The standard InChI is InChI=1S/C22H29ClN4O2S/c1-6-27-20-12-11-18(30(28,29)26(4)5)13-19(20)25-21(27)14-24-22(15(2)3)16-7-9-17(23)10-8-16/h7-13,15,22,24H,6,14H2,1-5H3. The summed E-state index contributed by atoms with van der Waals surface area (Å²) in [6, 6.07) is 13.2. The molecule has 6 nitrogen and oxygen atoms in total. The van der Waals surface area contributed by atoms with E-state index in [-0.39, 0.29) is 10.9 Å². The van der Waals surface area contributed by atoms with E-state index < -0.39 is 10.0 Å². The molecule has 0 fully saturated rings. The van der Waals surface area contributed by atoms with Gasteiger partial charge in [-0.05, 0) is 48.7 Å². The van der Waals surface area contributed by atoms with E-state index in [4.69, 9.17) is 16.6 Å². The van der Waals surface area contributed by atoms with Crippen LogP contribution in [-0.2, 0) is 23.1 Å². The second-order valence-electron chi connectivity index (χ2n) is 7.86. The van der Waals surface area contributed by atoms with Crippen molar-refractivity contribution < 1.29 is 8.42 Å². The molecule has 1 heterocycles. The van der Waals surface area contributed by atoms with Gasteiger partial charge in [-0.25, -0.2) is 17.7 Å². The van der Waals surface area contributed by atoms with Crippen molar-refractivity contribution in [1.29, 1.82) is 0 Å². The van der Waals surface area contributed by atoms with Crippen molar-refractivity contribution in [2.75, 3.05) is 14.1 Å². The SMILES string of the molecule is CCn1c(CNC(c2ccc(Cl)cc2)C(C)C)nc2cc(S(=O)(=O)N(C)C)ccc21. The Kier molecular flexibility index (Phi) is 6.87. The van der Waals surface area contributed by atoms with Gasteiger partial charge in [0.15, 0.2) is 0 Å². The number of fused-ring (bicyclic) bond motifs is 1. The number of hydrogen-bond acceptors (Lipinski definition) is 4. The predicted molar refractivity (Wildman–Crippen MR) is 122 cm³/mol. The minimum atomic E-state index is -3.50. The Morgan fingerprint density at radius 3 is 2.37 bits per heavy atom. The first kappa shape index (κ1) is 22.7. The van der Waals surface area contributed by atoms with Crippen LogP contribution in [0.5, 0.6) is 0 Å². The van der Waals surface area contributed by atoms with E-state index in [2.05, 4.69) is 30.7 Å². The first-order valence-electron chi connectivity index (χ1n) is 10.1. The highest BCUT2D eigenvalue weighted by Crippen LogP contribution is 2.25. The second kappa shape index (κ2) is 9.06. The topological polar surface area (TPSA) is 67.2 Å². The third-order valence-electron chi connectivity index (χ3n) is 5.27. The fraction of sp³-hybridized carbons (Fsp3) is 0.409. The largest absolute Gasteiger partial charge is 0.327 e. The first-order valence-corrected chi connectivity index (χ1v) is 11.9. The fourth-order valence-electron chi connectivity index (χ4n) is 3.63. The van der Waals surface area contributed by atoms with E-state index in [1.54, 1.807) is 12.1 Å². The summed E-state index contributed by atoms with van der Waals surface area (Å²) in [5.74, 6) is 1.26. The van der Waals surface area contributed by atoms with Crippen LogP contribution < -0.4 is 5.32 Å². The average Bonchev–Trinajstić information content (AvgIpc) is 3.05. The van der Waals surface area contributed by atoms with Gasteiger partial charge in [0.2, 0.25) is 10.0 Å². The summed E-state index contributed by atoms with van der Waals surface area (Å²) in [5.41, 5.74) is 2.79.